The molecule has 0 aliphatic carbocycles. The van der Waals surface area contributed by atoms with E-state index >= 15 is 0 Å². The first-order chi connectivity index (χ1) is 18.6. The highest BCUT2D eigenvalue weighted by Crippen LogP contribution is 2.30. The number of amides is 1. The minimum absolute atomic E-state index is 0.0397. The Bertz CT molecular complexity index is 1500. The molecule has 1 fully saturated rings. The van der Waals surface area contributed by atoms with E-state index in [4.69, 9.17) is 13.7 Å². The maximum Gasteiger partial charge on any atom is 0.415 e. The van der Waals surface area contributed by atoms with Crippen molar-refractivity contribution in [1.29, 1.82) is 0 Å². The van der Waals surface area contributed by atoms with Crippen LogP contribution in [0.5, 0.6) is 5.75 Å². The van der Waals surface area contributed by atoms with E-state index in [-0.39, 0.29) is 22.3 Å². The predicted octanol–water partition coefficient (Wildman–Crippen LogP) is 5.03. The molecule has 0 atom stereocenters. The van der Waals surface area contributed by atoms with E-state index in [1.807, 2.05) is 6.92 Å². The van der Waals surface area contributed by atoms with Gasteiger partial charge in [0.2, 0.25) is 11.8 Å². The van der Waals surface area contributed by atoms with Crippen LogP contribution in [-0.4, -0.2) is 52.2 Å². The summed E-state index contributed by atoms with van der Waals surface area (Å²) in [5.74, 6) is -0.627. The number of hydrogen-bond donors (Lipinski definition) is 1. The highest BCUT2D eigenvalue weighted by Gasteiger charge is 2.28. The molecule has 1 amide bonds. The van der Waals surface area contributed by atoms with Crippen LogP contribution in [0.3, 0.4) is 0 Å². The molecule has 0 bridgehead atoms. The third kappa shape index (κ3) is 7.65. The summed E-state index contributed by atoms with van der Waals surface area (Å²) < 4.78 is 67.2. The normalized spacial score (nSPS) is 13.9. The number of carbonyl (C=O) groups excluding carboxylic acids is 1. The average molecular weight is 559 g/mol. The highest BCUT2D eigenvalue weighted by molar-refractivity contribution is 7.85. The molecular formula is C26H24F2N4O6S. The minimum atomic E-state index is -4.02. The Balaban J connectivity index is 0.000000270. The third-order valence-corrected chi connectivity index (χ3v) is 6.68. The molecule has 0 unspecified atom stereocenters. The van der Waals surface area contributed by atoms with Gasteiger partial charge in [0.15, 0.2) is 5.75 Å². The average Bonchev–Trinajstić information content (AvgIpc) is 3.40. The van der Waals surface area contributed by atoms with Gasteiger partial charge in [0.1, 0.15) is 11.6 Å². The first kappa shape index (κ1) is 27.8. The van der Waals surface area contributed by atoms with E-state index in [1.165, 1.54) is 18.3 Å². The maximum absolute atomic E-state index is 13.4. The van der Waals surface area contributed by atoms with Gasteiger partial charge < -0.3 is 14.1 Å². The van der Waals surface area contributed by atoms with E-state index in [2.05, 4.69) is 15.2 Å². The minimum Gasteiger partial charge on any atom is -0.420 e. The molecule has 1 saturated heterocycles. The number of nitrogens with zero attached hydrogens (tertiary/aromatic N) is 4. The second-order valence-corrected chi connectivity index (χ2v) is 10.1. The number of benzene rings is 2. The number of hydrogen-bond acceptors (Lipinski definition) is 8. The molecule has 5 rings (SSSR count). The second-order valence-electron chi connectivity index (χ2n) is 8.71. The zero-order chi connectivity index (χ0) is 28.0. The lowest BCUT2D eigenvalue weighted by molar-refractivity contribution is 0.136. The Hall–Kier alpha value is -4.23. The topological polar surface area (TPSA) is 136 Å². The summed E-state index contributed by atoms with van der Waals surface area (Å²) in [6.07, 6.45) is 3.86. The van der Waals surface area contributed by atoms with Crippen LogP contribution in [0.15, 0.2) is 76.3 Å². The maximum atomic E-state index is 13.4. The van der Waals surface area contributed by atoms with E-state index in [1.54, 1.807) is 35.4 Å². The molecule has 204 valence electrons. The van der Waals surface area contributed by atoms with E-state index < -0.39 is 27.8 Å². The van der Waals surface area contributed by atoms with Crippen molar-refractivity contribution in [2.45, 2.75) is 30.6 Å². The number of carbonyl (C=O) groups is 1. The summed E-state index contributed by atoms with van der Waals surface area (Å²) in [6.45, 7) is 2.78. The second kappa shape index (κ2) is 12.1. The lowest BCUT2D eigenvalue weighted by Crippen LogP contribution is -2.39. The van der Waals surface area contributed by atoms with Crippen LogP contribution >= 0.6 is 0 Å². The van der Waals surface area contributed by atoms with Gasteiger partial charge in [0, 0.05) is 36.8 Å². The van der Waals surface area contributed by atoms with Crippen molar-refractivity contribution in [1.82, 2.24) is 20.1 Å². The van der Waals surface area contributed by atoms with Gasteiger partial charge in [0.25, 0.3) is 10.1 Å². The fourth-order valence-corrected chi connectivity index (χ4v) is 4.27. The van der Waals surface area contributed by atoms with Gasteiger partial charge in [0.05, 0.1) is 11.1 Å². The monoisotopic (exact) mass is 558 g/mol. The fraction of sp³-hybridized carbons (Fsp3) is 0.231. The molecule has 1 aliphatic heterocycles. The Labute approximate surface area is 223 Å². The van der Waals surface area contributed by atoms with Crippen LogP contribution in [0, 0.1) is 18.6 Å². The molecule has 39 heavy (non-hydrogen) atoms. The number of piperidine rings is 1. The molecule has 0 spiro atoms. The Morgan fingerprint density at radius 3 is 2.31 bits per heavy atom. The van der Waals surface area contributed by atoms with Crippen LogP contribution in [0.4, 0.5) is 13.6 Å². The van der Waals surface area contributed by atoms with Crippen molar-refractivity contribution in [3.8, 4) is 17.2 Å². The standard InChI is InChI=1S/C19H16F2N4O3.C7H8O3S/c20-14-8-13(9-15(21)10-14)18-24-23-17(28-18)12-3-6-25(7-4-12)19(26)27-16-2-1-5-22-11-16;1-6-2-4-7(5-3-6)11(8,9)10/h1-2,5,8-12H,3-4,6-7H2;2-5H,1H3,(H,8,9,10). The van der Waals surface area contributed by atoms with Gasteiger partial charge >= 0.3 is 6.09 Å². The van der Waals surface area contributed by atoms with Crippen molar-refractivity contribution >= 4 is 16.2 Å². The van der Waals surface area contributed by atoms with E-state index in [9.17, 15) is 22.0 Å². The van der Waals surface area contributed by atoms with Gasteiger partial charge in [-0.05, 0) is 56.2 Å². The zero-order valence-electron chi connectivity index (χ0n) is 20.7. The Morgan fingerprint density at radius 2 is 1.72 bits per heavy atom. The lowest BCUT2D eigenvalue weighted by atomic mass is 9.97. The summed E-state index contributed by atoms with van der Waals surface area (Å²) in [4.78, 5) is 17.7. The van der Waals surface area contributed by atoms with Gasteiger partial charge in [-0.25, -0.2) is 13.6 Å². The number of likely N-dealkylation sites (tertiary alicyclic amines) is 1. The number of rotatable bonds is 4. The van der Waals surface area contributed by atoms with Crippen molar-refractivity contribution in [3.63, 3.8) is 0 Å². The first-order valence-electron chi connectivity index (χ1n) is 11.8. The number of pyridine rings is 1. The van der Waals surface area contributed by atoms with Gasteiger partial charge in [-0.15, -0.1) is 10.2 Å². The van der Waals surface area contributed by atoms with Gasteiger partial charge in [-0.3, -0.25) is 9.54 Å². The summed E-state index contributed by atoms with van der Waals surface area (Å²) in [6, 6.07) is 12.4. The fourth-order valence-electron chi connectivity index (χ4n) is 3.79. The number of aromatic nitrogens is 3. The van der Waals surface area contributed by atoms with Gasteiger partial charge in [-0.1, -0.05) is 17.7 Å². The molecule has 1 N–H and O–H groups in total. The number of ether oxygens (including phenoxy) is 1. The largest absolute Gasteiger partial charge is 0.420 e. The van der Waals surface area contributed by atoms with E-state index in [0.717, 1.165) is 23.8 Å². The Morgan fingerprint density at radius 1 is 1.05 bits per heavy atom. The molecule has 2 aromatic heterocycles. The van der Waals surface area contributed by atoms with Crippen LogP contribution in [0.25, 0.3) is 11.5 Å². The van der Waals surface area contributed by atoms with Crippen LogP contribution in [0.2, 0.25) is 0 Å². The molecule has 13 heteroatoms. The molecule has 0 saturated carbocycles. The van der Waals surface area contributed by atoms with Crippen LogP contribution in [-0.2, 0) is 10.1 Å². The molecule has 4 aromatic rings. The predicted molar refractivity (Wildman–Crippen MR) is 134 cm³/mol. The molecule has 1 aliphatic rings. The zero-order valence-corrected chi connectivity index (χ0v) is 21.5. The van der Waals surface area contributed by atoms with Crippen molar-refractivity contribution in [2.24, 2.45) is 0 Å². The third-order valence-electron chi connectivity index (χ3n) is 5.81. The van der Waals surface area contributed by atoms with Crippen LogP contribution in [0.1, 0.15) is 30.2 Å². The smallest absolute Gasteiger partial charge is 0.415 e. The van der Waals surface area contributed by atoms with E-state index in [0.29, 0.717) is 37.6 Å². The summed E-state index contributed by atoms with van der Waals surface area (Å²) in [7, 11) is -4.02. The van der Waals surface area contributed by atoms with Crippen molar-refractivity contribution in [2.75, 3.05) is 13.1 Å². The highest BCUT2D eigenvalue weighted by atomic mass is 32.2. The SMILES string of the molecule is Cc1ccc(S(=O)(=O)O)cc1.O=C(Oc1cccnc1)N1CCC(c2nnc(-c3cc(F)cc(F)c3)o2)CC1. The molecule has 0 radical (unpaired) electrons. The first-order valence-corrected chi connectivity index (χ1v) is 13.2. The molecule has 3 heterocycles. The lowest BCUT2D eigenvalue weighted by Gasteiger charge is -2.29. The quantitative estimate of drug-likeness (QED) is 0.342. The number of aryl methyl sites for hydroxylation is 1. The molecular weight excluding hydrogens is 534 g/mol. The number of halogens is 2. The summed E-state index contributed by atoms with van der Waals surface area (Å²) >= 11 is 0. The molecule has 2 aromatic carbocycles. The summed E-state index contributed by atoms with van der Waals surface area (Å²) in [5.41, 5.74) is 1.14. The van der Waals surface area contributed by atoms with Crippen LogP contribution < -0.4 is 4.74 Å². The van der Waals surface area contributed by atoms with Crippen molar-refractivity contribution < 1.29 is 35.7 Å². The van der Waals surface area contributed by atoms with Crippen molar-refractivity contribution in [3.05, 3.63) is 90.1 Å². The Kier molecular flexibility index (Phi) is 8.62. The van der Waals surface area contributed by atoms with Gasteiger partial charge in [-0.2, -0.15) is 8.42 Å². The summed E-state index contributed by atoms with van der Waals surface area (Å²) in [5, 5.41) is 7.90. The molecule has 10 nitrogen and oxygen atoms in total.